The molecule has 0 bridgehead atoms. The second-order valence-corrected chi connectivity index (χ2v) is 4.61. The molecule has 1 aliphatic rings. The van der Waals surface area contributed by atoms with E-state index in [1.807, 2.05) is 13.8 Å². The molecule has 1 aliphatic carbocycles. The summed E-state index contributed by atoms with van der Waals surface area (Å²) in [6.07, 6.45) is 4.65. The van der Waals surface area contributed by atoms with E-state index in [2.05, 4.69) is 0 Å². The third-order valence-electron chi connectivity index (χ3n) is 3.37. The third kappa shape index (κ3) is 1.63. The fraction of sp³-hybridized carbons (Fsp3) is 1.00. The summed E-state index contributed by atoms with van der Waals surface area (Å²) in [5.41, 5.74) is 4.24. The maximum Gasteiger partial charge on any atom is 0.117 e. The van der Waals surface area contributed by atoms with Crippen molar-refractivity contribution < 1.29 is 4.39 Å². The molecule has 2 N–H and O–H groups in total. The Balaban J connectivity index is 2.68. The van der Waals surface area contributed by atoms with Crippen LogP contribution in [0.4, 0.5) is 4.39 Å². The van der Waals surface area contributed by atoms with Crippen molar-refractivity contribution in [3.05, 3.63) is 0 Å². The summed E-state index contributed by atoms with van der Waals surface area (Å²) < 4.78 is 14.3. The van der Waals surface area contributed by atoms with Crippen molar-refractivity contribution in [1.82, 2.24) is 0 Å². The highest BCUT2D eigenvalue weighted by Gasteiger charge is 2.44. The highest BCUT2D eigenvalue weighted by molar-refractivity contribution is 4.96. The minimum atomic E-state index is -1.00. The van der Waals surface area contributed by atoms with Gasteiger partial charge >= 0.3 is 0 Å². The molecule has 0 aromatic rings. The van der Waals surface area contributed by atoms with Crippen LogP contribution in [0.25, 0.3) is 0 Å². The van der Waals surface area contributed by atoms with Gasteiger partial charge in [-0.3, -0.25) is 0 Å². The highest BCUT2D eigenvalue weighted by Crippen LogP contribution is 2.44. The smallest absolute Gasteiger partial charge is 0.117 e. The molecule has 0 aliphatic heterocycles. The summed E-state index contributed by atoms with van der Waals surface area (Å²) in [7, 11) is 0. The van der Waals surface area contributed by atoms with Gasteiger partial charge in [0.05, 0.1) is 0 Å². The number of alkyl halides is 1. The zero-order chi connectivity index (χ0) is 9.24. The molecule has 72 valence electrons. The fourth-order valence-corrected chi connectivity index (χ4v) is 1.97. The lowest BCUT2D eigenvalue weighted by Crippen LogP contribution is -2.46. The van der Waals surface area contributed by atoms with Crippen LogP contribution in [0.3, 0.4) is 0 Å². The summed E-state index contributed by atoms with van der Waals surface area (Å²) in [4.78, 5) is 0. The molecule has 12 heavy (non-hydrogen) atoms. The SMILES string of the molecule is CC(C)(CN)C1(F)CCCCC1. The van der Waals surface area contributed by atoms with Gasteiger partial charge in [-0.05, 0) is 12.8 Å². The van der Waals surface area contributed by atoms with Gasteiger partial charge in [0.15, 0.2) is 0 Å². The van der Waals surface area contributed by atoms with Gasteiger partial charge in [-0.2, -0.15) is 0 Å². The maximum atomic E-state index is 14.3. The Morgan fingerprint density at radius 1 is 1.25 bits per heavy atom. The summed E-state index contributed by atoms with van der Waals surface area (Å²) in [5.74, 6) is 0. The number of rotatable bonds is 2. The van der Waals surface area contributed by atoms with Crippen molar-refractivity contribution in [2.24, 2.45) is 11.1 Å². The van der Waals surface area contributed by atoms with E-state index in [1.54, 1.807) is 0 Å². The van der Waals surface area contributed by atoms with Gasteiger partial charge in [0.1, 0.15) is 5.67 Å². The van der Waals surface area contributed by atoms with Crippen molar-refractivity contribution in [2.45, 2.75) is 51.6 Å². The van der Waals surface area contributed by atoms with Gasteiger partial charge in [-0.15, -0.1) is 0 Å². The topological polar surface area (TPSA) is 26.0 Å². The summed E-state index contributed by atoms with van der Waals surface area (Å²) in [6.45, 7) is 4.33. The lowest BCUT2D eigenvalue weighted by Gasteiger charge is -2.42. The van der Waals surface area contributed by atoms with E-state index in [4.69, 9.17) is 5.73 Å². The van der Waals surface area contributed by atoms with Crippen LogP contribution in [-0.2, 0) is 0 Å². The normalized spacial score (nSPS) is 24.0. The molecule has 2 heteroatoms. The molecule has 1 fully saturated rings. The van der Waals surface area contributed by atoms with Crippen LogP contribution in [0.2, 0.25) is 0 Å². The first-order chi connectivity index (χ1) is 5.52. The van der Waals surface area contributed by atoms with Crippen LogP contribution in [0.5, 0.6) is 0 Å². The minimum Gasteiger partial charge on any atom is -0.330 e. The van der Waals surface area contributed by atoms with Crippen LogP contribution >= 0.6 is 0 Å². The first-order valence-corrected chi connectivity index (χ1v) is 4.91. The molecule has 0 unspecified atom stereocenters. The number of halogens is 1. The summed E-state index contributed by atoms with van der Waals surface area (Å²) in [6, 6.07) is 0. The van der Waals surface area contributed by atoms with E-state index >= 15 is 0 Å². The fourth-order valence-electron chi connectivity index (χ4n) is 1.97. The van der Waals surface area contributed by atoms with Gasteiger partial charge in [-0.1, -0.05) is 33.1 Å². The molecule has 1 saturated carbocycles. The molecule has 0 spiro atoms. The van der Waals surface area contributed by atoms with Crippen LogP contribution in [0.15, 0.2) is 0 Å². The predicted octanol–water partition coefficient (Wildman–Crippen LogP) is 2.64. The zero-order valence-electron chi connectivity index (χ0n) is 8.20. The summed E-state index contributed by atoms with van der Waals surface area (Å²) >= 11 is 0. The zero-order valence-corrected chi connectivity index (χ0v) is 8.20. The molecule has 0 atom stereocenters. The Kier molecular flexibility index (Phi) is 2.77. The Bertz CT molecular complexity index is 148. The van der Waals surface area contributed by atoms with Crippen molar-refractivity contribution in [3.8, 4) is 0 Å². The predicted molar refractivity (Wildman–Crippen MR) is 49.8 cm³/mol. The quantitative estimate of drug-likeness (QED) is 0.682. The second kappa shape index (κ2) is 3.33. The van der Waals surface area contributed by atoms with Crippen molar-refractivity contribution >= 4 is 0 Å². The van der Waals surface area contributed by atoms with Gasteiger partial charge < -0.3 is 5.73 Å². The average Bonchev–Trinajstić information content (AvgIpc) is 2.06. The maximum absolute atomic E-state index is 14.3. The number of nitrogens with two attached hydrogens (primary N) is 1. The third-order valence-corrected chi connectivity index (χ3v) is 3.37. The molecule has 0 heterocycles. The molecule has 0 saturated heterocycles. The van der Waals surface area contributed by atoms with Gasteiger partial charge in [-0.25, -0.2) is 4.39 Å². The average molecular weight is 173 g/mol. The van der Waals surface area contributed by atoms with Gasteiger partial charge in [0.25, 0.3) is 0 Å². The lowest BCUT2D eigenvalue weighted by atomic mass is 9.68. The van der Waals surface area contributed by atoms with E-state index in [1.165, 1.54) is 6.42 Å². The highest BCUT2D eigenvalue weighted by atomic mass is 19.1. The van der Waals surface area contributed by atoms with Gasteiger partial charge in [0.2, 0.25) is 0 Å². The van der Waals surface area contributed by atoms with E-state index in [9.17, 15) is 4.39 Å². The van der Waals surface area contributed by atoms with Crippen LogP contribution in [0.1, 0.15) is 46.0 Å². The van der Waals surface area contributed by atoms with Crippen molar-refractivity contribution in [3.63, 3.8) is 0 Å². The monoisotopic (exact) mass is 173 g/mol. The van der Waals surface area contributed by atoms with E-state index < -0.39 is 5.67 Å². The molecule has 1 rings (SSSR count). The minimum absolute atomic E-state index is 0.340. The van der Waals surface area contributed by atoms with Crippen molar-refractivity contribution in [2.75, 3.05) is 6.54 Å². The Morgan fingerprint density at radius 3 is 2.17 bits per heavy atom. The molecule has 0 aromatic heterocycles. The Labute approximate surface area is 74.5 Å². The molecular weight excluding hydrogens is 153 g/mol. The van der Waals surface area contributed by atoms with Crippen LogP contribution in [-0.4, -0.2) is 12.2 Å². The van der Waals surface area contributed by atoms with Crippen molar-refractivity contribution in [1.29, 1.82) is 0 Å². The molecule has 0 aromatic carbocycles. The molecule has 0 amide bonds. The van der Waals surface area contributed by atoms with E-state index in [0.29, 0.717) is 19.4 Å². The lowest BCUT2D eigenvalue weighted by molar-refractivity contribution is -0.0118. The standard InChI is InChI=1S/C10H20FN/c1-9(2,8-12)10(11)6-4-3-5-7-10/h3-8,12H2,1-2H3. The Morgan fingerprint density at radius 2 is 1.75 bits per heavy atom. The van der Waals surface area contributed by atoms with Gasteiger partial charge in [0, 0.05) is 12.0 Å². The Hall–Kier alpha value is -0.110. The first-order valence-electron chi connectivity index (χ1n) is 4.91. The van der Waals surface area contributed by atoms with Crippen LogP contribution in [0, 0.1) is 5.41 Å². The second-order valence-electron chi connectivity index (χ2n) is 4.61. The largest absolute Gasteiger partial charge is 0.330 e. The molecular formula is C10H20FN. The molecule has 1 nitrogen and oxygen atoms in total. The first kappa shape index (κ1) is 9.97. The summed E-state index contributed by atoms with van der Waals surface area (Å²) in [5, 5.41) is 0. The van der Waals surface area contributed by atoms with E-state index in [-0.39, 0.29) is 5.41 Å². The number of hydrogen-bond donors (Lipinski definition) is 1. The van der Waals surface area contributed by atoms with E-state index in [0.717, 1.165) is 12.8 Å². The molecule has 0 radical (unpaired) electrons. The number of hydrogen-bond acceptors (Lipinski definition) is 1. The van der Waals surface area contributed by atoms with Crippen LogP contribution < -0.4 is 5.73 Å².